The molecular weight excluding hydrogens is 230 g/mol. The van der Waals surface area contributed by atoms with Crippen LogP contribution in [0.2, 0.25) is 0 Å². The average molecular weight is 249 g/mol. The number of rotatable bonds is 3. The molecule has 2 atom stereocenters. The van der Waals surface area contributed by atoms with Crippen molar-refractivity contribution < 1.29 is 14.3 Å². The second kappa shape index (κ2) is 5.98. The average Bonchev–Trinajstić information content (AvgIpc) is 2.38. The van der Waals surface area contributed by atoms with Crippen molar-refractivity contribution in [3.8, 4) is 0 Å². The predicted molar refractivity (Wildman–Crippen MR) is 68.1 cm³/mol. The van der Waals surface area contributed by atoms with Gasteiger partial charge in [0.15, 0.2) is 6.10 Å². The van der Waals surface area contributed by atoms with E-state index in [1.165, 1.54) is 12.7 Å². The van der Waals surface area contributed by atoms with Gasteiger partial charge in [0.25, 0.3) is 0 Å². The van der Waals surface area contributed by atoms with Crippen LogP contribution >= 0.6 is 0 Å². The Morgan fingerprint density at radius 2 is 2.11 bits per heavy atom. The van der Waals surface area contributed by atoms with Crippen LogP contribution in [0.25, 0.3) is 0 Å². The molecule has 4 heteroatoms. The monoisotopic (exact) mass is 249 g/mol. The molecule has 18 heavy (non-hydrogen) atoms. The van der Waals surface area contributed by atoms with Gasteiger partial charge < -0.3 is 9.47 Å². The molecule has 1 aromatic rings. The van der Waals surface area contributed by atoms with Crippen LogP contribution in [0.5, 0.6) is 0 Å². The van der Waals surface area contributed by atoms with Crippen LogP contribution < -0.4 is 0 Å². The Morgan fingerprint density at radius 1 is 1.39 bits per heavy atom. The van der Waals surface area contributed by atoms with Gasteiger partial charge in [-0.3, -0.25) is 4.90 Å². The van der Waals surface area contributed by atoms with Gasteiger partial charge >= 0.3 is 5.97 Å². The Hall–Kier alpha value is -1.39. The Labute approximate surface area is 107 Å². The standard InChI is InChI=1S/C14H19NO3/c1-11-8-15(9-12-6-4-3-5-7-12)10-13(18-11)14(16)17-2/h3-7,11,13H,8-10H2,1-2H3. The van der Waals surface area contributed by atoms with Gasteiger partial charge in [-0.2, -0.15) is 0 Å². The van der Waals surface area contributed by atoms with Crippen molar-refractivity contribution in [3.63, 3.8) is 0 Å². The zero-order valence-corrected chi connectivity index (χ0v) is 10.8. The fourth-order valence-electron chi connectivity index (χ4n) is 2.27. The maximum Gasteiger partial charge on any atom is 0.336 e. The molecule has 0 aromatic heterocycles. The molecule has 0 amide bonds. The lowest BCUT2D eigenvalue weighted by Crippen LogP contribution is -2.49. The summed E-state index contributed by atoms with van der Waals surface area (Å²) in [5.74, 6) is -0.292. The van der Waals surface area contributed by atoms with E-state index in [1.807, 2.05) is 25.1 Å². The number of carbonyl (C=O) groups excluding carboxylic acids is 1. The summed E-state index contributed by atoms with van der Waals surface area (Å²) in [7, 11) is 1.40. The highest BCUT2D eigenvalue weighted by molar-refractivity contribution is 5.74. The summed E-state index contributed by atoms with van der Waals surface area (Å²) in [4.78, 5) is 13.8. The zero-order chi connectivity index (χ0) is 13.0. The smallest absolute Gasteiger partial charge is 0.336 e. The molecule has 1 aliphatic rings. The number of carbonyl (C=O) groups is 1. The van der Waals surface area contributed by atoms with Crippen molar-refractivity contribution in [2.24, 2.45) is 0 Å². The van der Waals surface area contributed by atoms with Crippen LogP contribution in [0.1, 0.15) is 12.5 Å². The fourth-order valence-corrected chi connectivity index (χ4v) is 2.27. The summed E-state index contributed by atoms with van der Waals surface area (Å²) in [5.41, 5.74) is 1.25. The maximum atomic E-state index is 11.5. The van der Waals surface area contributed by atoms with E-state index in [-0.39, 0.29) is 12.1 Å². The molecule has 0 aliphatic carbocycles. The van der Waals surface area contributed by atoms with Gasteiger partial charge in [-0.1, -0.05) is 30.3 Å². The molecule has 1 fully saturated rings. The number of esters is 1. The van der Waals surface area contributed by atoms with Gasteiger partial charge in [-0.25, -0.2) is 4.79 Å². The van der Waals surface area contributed by atoms with Gasteiger partial charge in [-0.15, -0.1) is 0 Å². The Bertz CT molecular complexity index is 393. The number of hydrogen-bond acceptors (Lipinski definition) is 4. The number of methoxy groups -OCH3 is 1. The highest BCUT2D eigenvalue weighted by atomic mass is 16.6. The van der Waals surface area contributed by atoms with E-state index in [0.717, 1.165) is 13.1 Å². The number of ether oxygens (including phenoxy) is 2. The molecule has 0 saturated carbocycles. The van der Waals surface area contributed by atoms with Gasteiger partial charge in [0.05, 0.1) is 13.2 Å². The molecule has 1 aliphatic heterocycles. The molecule has 1 heterocycles. The van der Waals surface area contributed by atoms with Crippen LogP contribution in [-0.4, -0.2) is 43.3 Å². The van der Waals surface area contributed by atoms with E-state index in [2.05, 4.69) is 17.0 Å². The first-order chi connectivity index (χ1) is 8.69. The molecule has 0 N–H and O–H groups in total. The summed E-state index contributed by atoms with van der Waals surface area (Å²) in [5, 5.41) is 0. The largest absolute Gasteiger partial charge is 0.467 e. The van der Waals surface area contributed by atoms with Crippen LogP contribution in [-0.2, 0) is 20.8 Å². The Morgan fingerprint density at radius 3 is 2.78 bits per heavy atom. The third-order valence-corrected chi connectivity index (χ3v) is 3.05. The Balaban J connectivity index is 1.98. The normalized spacial score (nSPS) is 24.8. The lowest BCUT2D eigenvalue weighted by atomic mass is 10.1. The third-order valence-electron chi connectivity index (χ3n) is 3.05. The fraction of sp³-hybridized carbons (Fsp3) is 0.500. The number of morpholine rings is 1. The van der Waals surface area contributed by atoms with Crippen molar-refractivity contribution in [2.75, 3.05) is 20.2 Å². The second-order valence-corrected chi connectivity index (χ2v) is 4.64. The first kappa shape index (κ1) is 13.1. The lowest BCUT2D eigenvalue weighted by Gasteiger charge is -2.35. The summed E-state index contributed by atoms with van der Waals surface area (Å²) in [6.07, 6.45) is -0.422. The molecule has 4 nitrogen and oxygen atoms in total. The van der Waals surface area contributed by atoms with Gasteiger partial charge in [0.1, 0.15) is 0 Å². The van der Waals surface area contributed by atoms with Crippen LogP contribution in [0.15, 0.2) is 30.3 Å². The Kier molecular flexibility index (Phi) is 4.33. The minimum Gasteiger partial charge on any atom is -0.467 e. The van der Waals surface area contributed by atoms with E-state index in [4.69, 9.17) is 9.47 Å². The summed E-state index contributed by atoms with van der Waals surface area (Å²) < 4.78 is 10.3. The second-order valence-electron chi connectivity index (χ2n) is 4.64. The first-order valence-electron chi connectivity index (χ1n) is 6.18. The van der Waals surface area contributed by atoms with Gasteiger partial charge in [0.2, 0.25) is 0 Å². The lowest BCUT2D eigenvalue weighted by molar-refractivity contribution is -0.166. The van der Waals surface area contributed by atoms with E-state index < -0.39 is 6.10 Å². The summed E-state index contributed by atoms with van der Waals surface area (Å²) >= 11 is 0. The number of nitrogens with zero attached hydrogens (tertiary/aromatic N) is 1. The molecule has 1 saturated heterocycles. The molecule has 2 unspecified atom stereocenters. The molecule has 0 bridgehead atoms. The van der Waals surface area contributed by atoms with E-state index in [0.29, 0.717) is 6.54 Å². The quantitative estimate of drug-likeness (QED) is 0.760. The minimum absolute atomic E-state index is 0.0477. The highest BCUT2D eigenvalue weighted by Crippen LogP contribution is 2.15. The zero-order valence-electron chi connectivity index (χ0n) is 10.8. The first-order valence-corrected chi connectivity index (χ1v) is 6.18. The van der Waals surface area contributed by atoms with Crippen LogP contribution in [0, 0.1) is 0 Å². The minimum atomic E-state index is -0.470. The third kappa shape index (κ3) is 3.31. The van der Waals surface area contributed by atoms with Crippen molar-refractivity contribution in [2.45, 2.75) is 25.7 Å². The molecular formula is C14H19NO3. The van der Waals surface area contributed by atoms with Crippen LogP contribution in [0.3, 0.4) is 0 Å². The highest BCUT2D eigenvalue weighted by Gasteiger charge is 2.30. The van der Waals surface area contributed by atoms with Crippen molar-refractivity contribution in [1.82, 2.24) is 4.90 Å². The molecule has 1 aromatic carbocycles. The molecule has 2 rings (SSSR count). The van der Waals surface area contributed by atoms with Gasteiger partial charge in [-0.05, 0) is 12.5 Å². The van der Waals surface area contributed by atoms with Gasteiger partial charge in [0, 0.05) is 19.6 Å². The van der Waals surface area contributed by atoms with Crippen LogP contribution in [0.4, 0.5) is 0 Å². The summed E-state index contributed by atoms with van der Waals surface area (Å²) in [6.45, 7) is 4.24. The summed E-state index contributed by atoms with van der Waals surface area (Å²) in [6, 6.07) is 10.2. The predicted octanol–water partition coefficient (Wildman–Crippen LogP) is 1.45. The van der Waals surface area contributed by atoms with E-state index in [1.54, 1.807) is 0 Å². The number of hydrogen-bond donors (Lipinski definition) is 0. The molecule has 0 radical (unpaired) electrons. The van der Waals surface area contributed by atoms with E-state index >= 15 is 0 Å². The number of benzene rings is 1. The molecule has 0 spiro atoms. The van der Waals surface area contributed by atoms with Crippen molar-refractivity contribution >= 4 is 5.97 Å². The maximum absolute atomic E-state index is 11.5. The van der Waals surface area contributed by atoms with Crippen molar-refractivity contribution in [1.29, 1.82) is 0 Å². The van der Waals surface area contributed by atoms with Crippen molar-refractivity contribution in [3.05, 3.63) is 35.9 Å². The SMILES string of the molecule is COC(=O)C1CN(Cc2ccccc2)CC(C)O1. The molecule has 98 valence electrons. The topological polar surface area (TPSA) is 38.8 Å². The van der Waals surface area contributed by atoms with E-state index in [9.17, 15) is 4.79 Å².